The van der Waals surface area contributed by atoms with Crippen molar-refractivity contribution in [1.82, 2.24) is 4.31 Å². The van der Waals surface area contributed by atoms with E-state index in [1.165, 1.54) is 34.6 Å². The highest BCUT2D eigenvalue weighted by molar-refractivity contribution is 7.92. The monoisotopic (exact) mass is 298 g/mol. The first-order valence-electron chi connectivity index (χ1n) is 5.99. The maximum atomic E-state index is 12.0. The van der Waals surface area contributed by atoms with E-state index in [2.05, 4.69) is 0 Å². The second-order valence-electron chi connectivity index (χ2n) is 4.21. The highest BCUT2D eigenvalue weighted by atomic mass is 32.2. The molecule has 0 spiro atoms. The molecule has 20 heavy (non-hydrogen) atoms. The van der Waals surface area contributed by atoms with E-state index >= 15 is 0 Å². The Morgan fingerprint density at radius 2 is 1.80 bits per heavy atom. The summed E-state index contributed by atoms with van der Waals surface area (Å²) in [5.74, 6) is 0. The zero-order valence-electron chi connectivity index (χ0n) is 10.6. The molecule has 1 fully saturated rings. The topological polar surface area (TPSA) is 89.8 Å². The SMILES string of the molecule is O=[N+]([O-])c1ccc(C=CS(=O)(=O)N2CCOCC2)cc1. The van der Waals surface area contributed by atoms with Crippen molar-refractivity contribution < 1.29 is 18.1 Å². The van der Waals surface area contributed by atoms with E-state index in [9.17, 15) is 18.5 Å². The number of sulfonamides is 1. The number of rotatable bonds is 4. The highest BCUT2D eigenvalue weighted by Gasteiger charge is 2.21. The van der Waals surface area contributed by atoms with Gasteiger partial charge in [-0.05, 0) is 23.8 Å². The van der Waals surface area contributed by atoms with E-state index in [1.807, 2.05) is 0 Å². The maximum absolute atomic E-state index is 12.0. The minimum atomic E-state index is -3.47. The van der Waals surface area contributed by atoms with Crippen LogP contribution in [0.5, 0.6) is 0 Å². The molecule has 0 unspecified atom stereocenters. The Hall–Kier alpha value is -1.77. The average Bonchev–Trinajstić information content (AvgIpc) is 2.46. The van der Waals surface area contributed by atoms with Crippen LogP contribution in [0.2, 0.25) is 0 Å². The maximum Gasteiger partial charge on any atom is 0.269 e. The zero-order valence-corrected chi connectivity index (χ0v) is 11.5. The first-order valence-corrected chi connectivity index (χ1v) is 7.50. The van der Waals surface area contributed by atoms with Gasteiger partial charge in [0, 0.05) is 30.6 Å². The Bertz CT molecular complexity index is 603. The van der Waals surface area contributed by atoms with Crippen molar-refractivity contribution in [1.29, 1.82) is 0 Å². The van der Waals surface area contributed by atoms with Gasteiger partial charge in [-0.3, -0.25) is 10.1 Å². The van der Waals surface area contributed by atoms with Crippen LogP contribution < -0.4 is 0 Å². The summed E-state index contributed by atoms with van der Waals surface area (Å²) >= 11 is 0. The molecule has 0 aliphatic carbocycles. The van der Waals surface area contributed by atoms with Crippen molar-refractivity contribution in [3.05, 3.63) is 45.4 Å². The van der Waals surface area contributed by atoms with Gasteiger partial charge in [0.15, 0.2) is 0 Å². The summed E-state index contributed by atoms with van der Waals surface area (Å²) in [6.07, 6.45) is 1.43. The summed E-state index contributed by atoms with van der Waals surface area (Å²) in [4.78, 5) is 10.0. The molecule has 0 saturated carbocycles. The predicted molar refractivity (Wildman–Crippen MR) is 73.4 cm³/mol. The van der Waals surface area contributed by atoms with Gasteiger partial charge in [-0.2, -0.15) is 4.31 Å². The molecule has 1 saturated heterocycles. The first-order chi connectivity index (χ1) is 9.49. The summed E-state index contributed by atoms with van der Waals surface area (Å²) in [5.41, 5.74) is 0.561. The standard InChI is InChI=1S/C12H14N2O5S/c15-14(16)12-3-1-11(2-4-12)5-10-20(17,18)13-6-8-19-9-7-13/h1-5,10H,6-9H2. The molecular formula is C12H14N2O5S. The molecule has 0 N–H and O–H groups in total. The van der Waals surface area contributed by atoms with E-state index in [1.54, 1.807) is 0 Å². The molecular weight excluding hydrogens is 284 g/mol. The normalized spacial score (nSPS) is 17.4. The van der Waals surface area contributed by atoms with Gasteiger partial charge in [-0.1, -0.05) is 0 Å². The molecule has 7 nitrogen and oxygen atoms in total. The molecule has 0 bridgehead atoms. The molecule has 1 aliphatic heterocycles. The van der Waals surface area contributed by atoms with Gasteiger partial charge in [0.05, 0.1) is 18.1 Å². The van der Waals surface area contributed by atoms with E-state index in [-0.39, 0.29) is 5.69 Å². The second-order valence-corrected chi connectivity index (χ2v) is 6.03. The lowest BCUT2D eigenvalue weighted by Gasteiger charge is -2.24. The van der Waals surface area contributed by atoms with Crippen molar-refractivity contribution in [2.45, 2.75) is 0 Å². The van der Waals surface area contributed by atoms with Crippen LogP contribution in [-0.2, 0) is 14.8 Å². The summed E-state index contributed by atoms with van der Waals surface area (Å²) < 4.78 is 30.5. The first kappa shape index (κ1) is 14.6. The number of nitro groups is 1. The number of nitro benzene ring substituents is 1. The average molecular weight is 298 g/mol. The van der Waals surface area contributed by atoms with Crippen LogP contribution in [0.15, 0.2) is 29.7 Å². The Kier molecular flexibility index (Phi) is 4.48. The molecule has 1 aromatic rings. The summed E-state index contributed by atoms with van der Waals surface area (Å²) in [5, 5.41) is 11.6. The molecule has 108 valence electrons. The molecule has 0 radical (unpaired) electrons. The second kappa shape index (κ2) is 6.12. The fourth-order valence-electron chi connectivity index (χ4n) is 1.76. The van der Waals surface area contributed by atoms with Gasteiger partial charge in [0.1, 0.15) is 0 Å². The van der Waals surface area contributed by atoms with Gasteiger partial charge in [0.2, 0.25) is 10.0 Å². The van der Waals surface area contributed by atoms with Crippen molar-refractivity contribution in [3.63, 3.8) is 0 Å². The van der Waals surface area contributed by atoms with Gasteiger partial charge < -0.3 is 4.74 Å². The quantitative estimate of drug-likeness (QED) is 0.616. The number of hydrogen-bond donors (Lipinski definition) is 0. The van der Waals surface area contributed by atoms with Gasteiger partial charge in [-0.25, -0.2) is 8.42 Å². The largest absolute Gasteiger partial charge is 0.379 e. The molecule has 1 heterocycles. The van der Waals surface area contributed by atoms with Gasteiger partial charge in [0.25, 0.3) is 5.69 Å². The number of benzene rings is 1. The number of morpholine rings is 1. The molecule has 0 amide bonds. The van der Waals surface area contributed by atoms with Crippen LogP contribution in [0.4, 0.5) is 5.69 Å². The third kappa shape index (κ3) is 3.62. The Morgan fingerprint density at radius 1 is 1.20 bits per heavy atom. The van der Waals surface area contributed by atoms with Gasteiger partial charge >= 0.3 is 0 Å². The minimum absolute atomic E-state index is 0.0295. The summed E-state index contributed by atoms with van der Waals surface area (Å²) in [6, 6.07) is 5.68. The van der Waals surface area contributed by atoms with Crippen molar-refractivity contribution in [2.24, 2.45) is 0 Å². The zero-order chi connectivity index (χ0) is 14.6. The smallest absolute Gasteiger partial charge is 0.269 e. The van der Waals surface area contributed by atoms with Crippen molar-refractivity contribution in [3.8, 4) is 0 Å². The summed E-state index contributed by atoms with van der Waals surface area (Å²) in [7, 11) is -3.47. The lowest BCUT2D eigenvalue weighted by atomic mass is 10.2. The molecule has 1 aliphatic rings. The molecule has 2 rings (SSSR count). The van der Waals surface area contributed by atoms with Crippen molar-refractivity contribution in [2.75, 3.05) is 26.3 Å². The van der Waals surface area contributed by atoms with Crippen LogP contribution in [0, 0.1) is 10.1 Å². The number of hydrogen-bond acceptors (Lipinski definition) is 5. The Labute approximate surface area is 116 Å². The van der Waals surface area contributed by atoms with Crippen molar-refractivity contribution >= 4 is 21.8 Å². The molecule has 0 atom stereocenters. The molecule has 0 aromatic heterocycles. The fraction of sp³-hybridized carbons (Fsp3) is 0.333. The van der Waals surface area contributed by atoms with Gasteiger partial charge in [-0.15, -0.1) is 0 Å². The van der Waals surface area contributed by atoms with Crippen LogP contribution in [-0.4, -0.2) is 43.9 Å². The van der Waals surface area contributed by atoms with E-state index in [0.717, 1.165) is 5.41 Å². The lowest BCUT2D eigenvalue weighted by Crippen LogP contribution is -2.39. The van der Waals surface area contributed by atoms with Crippen LogP contribution in [0.1, 0.15) is 5.56 Å². The third-order valence-electron chi connectivity index (χ3n) is 2.87. The summed E-state index contributed by atoms with van der Waals surface area (Å²) in [6.45, 7) is 1.47. The van der Waals surface area contributed by atoms with E-state index in [4.69, 9.17) is 4.74 Å². The van der Waals surface area contributed by atoms with Crippen LogP contribution >= 0.6 is 0 Å². The minimum Gasteiger partial charge on any atom is -0.379 e. The van der Waals surface area contributed by atoms with Crippen LogP contribution in [0.25, 0.3) is 6.08 Å². The number of ether oxygens (including phenoxy) is 1. The third-order valence-corrected chi connectivity index (χ3v) is 4.43. The van der Waals surface area contributed by atoms with E-state index in [0.29, 0.717) is 31.9 Å². The predicted octanol–water partition coefficient (Wildman–Crippen LogP) is 1.23. The molecule has 1 aromatic carbocycles. The number of nitrogens with zero attached hydrogens (tertiary/aromatic N) is 2. The highest BCUT2D eigenvalue weighted by Crippen LogP contribution is 2.14. The molecule has 8 heteroatoms. The lowest BCUT2D eigenvalue weighted by molar-refractivity contribution is -0.384. The van der Waals surface area contributed by atoms with Crippen LogP contribution in [0.3, 0.4) is 0 Å². The van der Waals surface area contributed by atoms with E-state index < -0.39 is 14.9 Å². The Morgan fingerprint density at radius 3 is 2.35 bits per heavy atom. The fourth-order valence-corrected chi connectivity index (χ4v) is 2.92. The number of non-ortho nitro benzene ring substituents is 1. The Balaban J connectivity index is 2.09.